The summed E-state index contributed by atoms with van der Waals surface area (Å²) in [6.45, 7) is 0. The fraction of sp³-hybridized carbons (Fsp3) is 0.154. The Bertz CT molecular complexity index is 477. The first-order valence-electron chi connectivity index (χ1n) is 4.96. The van der Waals surface area contributed by atoms with Gasteiger partial charge in [0.05, 0.1) is 0 Å². The van der Waals surface area contributed by atoms with E-state index in [1.54, 1.807) is 0 Å². The van der Waals surface area contributed by atoms with Crippen LogP contribution in [0.4, 0.5) is 0 Å². The summed E-state index contributed by atoms with van der Waals surface area (Å²) in [6, 6.07) is 8.45. The molecule has 0 unspecified atom stereocenters. The average molecular weight is 262 g/mol. The fourth-order valence-electron chi connectivity index (χ4n) is 1.49. The topological polar surface area (TPSA) is 12.9 Å². The van der Waals surface area contributed by atoms with Gasteiger partial charge in [-0.3, -0.25) is 4.98 Å². The number of alkyl halides is 1. The highest BCUT2D eigenvalue weighted by Crippen LogP contribution is 2.15. The van der Waals surface area contributed by atoms with E-state index in [1.807, 2.05) is 18.5 Å². The van der Waals surface area contributed by atoms with Crippen LogP contribution in [0.25, 0.3) is 16.8 Å². The van der Waals surface area contributed by atoms with Crippen LogP contribution in [0.5, 0.6) is 0 Å². The Morgan fingerprint density at radius 1 is 1.20 bits per heavy atom. The minimum absolute atomic E-state index is 1.01. The minimum Gasteiger partial charge on any atom is -0.264 e. The third-order valence-electron chi connectivity index (χ3n) is 2.25. The lowest BCUT2D eigenvalue weighted by molar-refractivity contribution is 1.27. The van der Waals surface area contributed by atoms with E-state index in [-0.39, 0.29) is 0 Å². The van der Waals surface area contributed by atoms with E-state index in [1.165, 1.54) is 16.3 Å². The lowest BCUT2D eigenvalue weighted by Crippen LogP contribution is -1.77. The van der Waals surface area contributed by atoms with Crippen LogP contribution in [-0.4, -0.2) is 10.3 Å². The molecule has 0 radical (unpaired) electrons. The zero-order valence-electron chi connectivity index (χ0n) is 8.36. The van der Waals surface area contributed by atoms with Gasteiger partial charge >= 0.3 is 0 Å². The van der Waals surface area contributed by atoms with Gasteiger partial charge in [-0.05, 0) is 29.5 Å². The molecular weight excluding hydrogens is 250 g/mol. The number of pyridine rings is 1. The third kappa shape index (κ3) is 2.66. The quantitative estimate of drug-likeness (QED) is 0.761. The summed E-state index contributed by atoms with van der Waals surface area (Å²) in [5, 5.41) is 3.45. The van der Waals surface area contributed by atoms with E-state index in [0.29, 0.717) is 0 Å². The lowest BCUT2D eigenvalue weighted by Gasteiger charge is -1.98. The molecular formula is C13H12BrN. The highest BCUT2D eigenvalue weighted by atomic mass is 79.9. The van der Waals surface area contributed by atoms with Crippen molar-refractivity contribution >= 4 is 32.8 Å². The number of benzene rings is 1. The van der Waals surface area contributed by atoms with Crippen molar-refractivity contribution in [3.8, 4) is 0 Å². The molecule has 1 heterocycles. The Morgan fingerprint density at radius 3 is 3.00 bits per heavy atom. The summed E-state index contributed by atoms with van der Waals surface area (Å²) in [5.41, 5.74) is 1.25. The van der Waals surface area contributed by atoms with E-state index in [4.69, 9.17) is 0 Å². The number of hydrogen-bond donors (Lipinski definition) is 0. The molecule has 0 N–H and O–H groups in total. The molecule has 0 aliphatic carbocycles. The van der Waals surface area contributed by atoms with E-state index < -0.39 is 0 Å². The monoisotopic (exact) mass is 261 g/mol. The SMILES string of the molecule is BrCC/C=C/c1ccc2cnccc2c1. The van der Waals surface area contributed by atoms with Crippen LogP contribution < -0.4 is 0 Å². The standard InChI is InChI=1S/C13H12BrN/c14-7-2-1-3-11-4-5-13-10-15-8-6-12(13)9-11/h1,3-6,8-10H,2,7H2/b3-1+. The van der Waals surface area contributed by atoms with Gasteiger partial charge in [0.1, 0.15) is 0 Å². The molecule has 0 atom stereocenters. The molecule has 2 heteroatoms. The van der Waals surface area contributed by atoms with Crippen molar-refractivity contribution in [1.29, 1.82) is 0 Å². The predicted octanol–water partition coefficient (Wildman–Crippen LogP) is 4.03. The minimum atomic E-state index is 1.01. The zero-order valence-corrected chi connectivity index (χ0v) is 9.94. The van der Waals surface area contributed by atoms with E-state index in [9.17, 15) is 0 Å². The molecule has 0 spiro atoms. The van der Waals surface area contributed by atoms with Gasteiger partial charge in [0, 0.05) is 23.1 Å². The van der Waals surface area contributed by atoms with Crippen molar-refractivity contribution < 1.29 is 0 Å². The van der Waals surface area contributed by atoms with Crippen LogP contribution in [0.3, 0.4) is 0 Å². The first-order valence-corrected chi connectivity index (χ1v) is 6.08. The Morgan fingerprint density at radius 2 is 2.13 bits per heavy atom. The summed E-state index contributed by atoms with van der Waals surface area (Å²) in [5.74, 6) is 0. The molecule has 0 aliphatic rings. The second-order valence-corrected chi connectivity index (χ2v) is 4.16. The molecule has 2 rings (SSSR count). The molecule has 0 saturated heterocycles. The summed E-state index contributed by atoms with van der Waals surface area (Å²) >= 11 is 3.40. The first-order chi connectivity index (χ1) is 7.40. The molecule has 1 aromatic heterocycles. The Kier molecular flexibility index (Phi) is 3.51. The number of rotatable bonds is 3. The molecule has 76 valence electrons. The van der Waals surface area contributed by atoms with E-state index >= 15 is 0 Å². The number of hydrogen-bond acceptors (Lipinski definition) is 1. The second-order valence-electron chi connectivity index (χ2n) is 3.36. The van der Waals surface area contributed by atoms with Crippen LogP contribution in [-0.2, 0) is 0 Å². The molecule has 1 nitrogen and oxygen atoms in total. The fourth-order valence-corrected chi connectivity index (χ4v) is 1.75. The van der Waals surface area contributed by atoms with Gasteiger partial charge in [-0.1, -0.05) is 40.2 Å². The summed E-state index contributed by atoms with van der Waals surface area (Å²) in [7, 11) is 0. The predicted molar refractivity (Wildman–Crippen MR) is 69.2 cm³/mol. The molecule has 0 saturated carbocycles. The first kappa shape index (κ1) is 10.4. The van der Waals surface area contributed by atoms with Gasteiger partial charge in [0.15, 0.2) is 0 Å². The van der Waals surface area contributed by atoms with Crippen LogP contribution in [0.15, 0.2) is 42.7 Å². The largest absolute Gasteiger partial charge is 0.264 e. The number of aromatic nitrogens is 1. The lowest BCUT2D eigenvalue weighted by atomic mass is 10.1. The van der Waals surface area contributed by atoms with Crippen molar-refractivity contribution in [2.24, 2.45) is 0 Å². The van der Waals surface area contributed by atoms with Crippen LogP contribution in [0, 0.1) is 0 Å². The van der Waals surface area contributed by atoms with Gasteiger partial charge in [-0.2, -0.15) is 0 Å². The van der Waals surface area contributed by atoms with Gasteiger partial charge < -0.3 is 0 Å². The average Bonchev–Trinajstić information content (AvgIpc) is 2.29. The molecule has 1 aromatic carbocycles. The molecule has 0 bridgehead atoms. The highest BCUT2D eigenvalue weighted by molar-refractivity contribution is 9.09. The summed E-state index contributed by atoms with van der Waals surface area (Å²) < 4.78 is 0. The van der Waals surface area contributed by atoms with Gasteiger partial charge in [-0.15, -0.1) is 0 Å². The summed E-state index contributed by atoms with van der Waals surface area (Å²) in [6.07, 6.45) is 9.11. The second kappa shape index (κ2) is 5.08. The Hall–Kier alpha value is -1.15. The maximum absolute atomic E-state index is 4.09. The van der Waals surface area contributed by atoms with Crippen molar-refractivity contribution in [3.63, 3.8) is 0 Å². The number of fused-ring (bicyclic) bond motifs is 1. The van der Waals surface area contributed by atoms with E-state index in [2.05, 4.69) is 51.3 Å². The van der Waals surface area contributed by atoms with Gasteiger partial charge in [-0.25, -0.2) is 0 Å². The van der Waals surface area contributed by atoms with Crippen LogP contribution in [0.1, 0.15) is 12.0 Å². The van der Waals surface area contributed by atoms with E-state index in [0.717, 1.165) is 11.8 Å². The van der Waals surface area contributed by atoms with Crippen molar-refractivity contribution in [2.75, 3.05) is 5.33 Å². The molecule has 0 amide bonds. The van der Waals surface area contributed by atoms with Gasteiger partial charge in [0.2, 0.25) is 0 Å². The maximum Gasteiger partial charge on any atom is 0.0346 e. The highest BCUT2D eigenvalue weighted by Gasteiger charge is 1.92. The zero-order chi connectivity index (χ0) is 10.5. The number of allylic oxidation sites excluding steroid dienone is 1. The van der Waals surface area contributed by atoms with Crippen molar-refractivity contribution in [1.82, 2.24) is 4.98 Å². The van der Waals surface area contributed by atoms with Crippen molar-refractivity contribution in [2.45, 2.75) is 6.42 Å². The number of halogens is 1. The van der Waals surface area contributed by atoms with Gasteiger partial charge in [0.25, 0.3) is 0 Å². The normalized spacial score (nSPS) is 11.3. The van der Waals surface area contributed by atoms with Crippen molar-refractivity contribution in [3.05, 3.63) is 48.3 Å². The Labute approximate surface area is 98.0 Å². The smallest absolute Gasteiger partial charge is 0.0346 e. The Balaban J connectivity index is 2.30. The number of nitrogens with zero attached hydrogens (tertiary/aromatic N) is 1. The third-order valence-corrected chi connectivity index (χ3v) is 2.71. The molecule has 0 aliphatic heterocycles. The summed E-state index contributed by atoms with van der Waals surface area (Å²) in [4.78, 5) is 4.09. The van der Waals surface area contributed by atoms with Crippen LogP contribution in [0.2, 0.25) is 0 Å². The molecule has 0 fully saturated rings. The maximum atomic E-state index is 4.09. The molecule has 15 heavy (non-hydrogen) atoms. The molecule has 2 aromatic rings. The van der Waals surface area contributed by atoms with Crippen LogP contribution >= 0.6 is 15.9 Å².